The molecule has 38 heavy (non-hydrogen) atoms. The largest absolute Gasteiger partial charge is 0.494 e. The molecule has 5 rings (SSSR count). The van der Waals surface area contributed by atoms with Gasteiger partial charge in [0.05, 0.1) is 23.5 Å². The van der Waals surface area contributed by atoms with Crippen LogP contribution in [0.3, 0.4) is 0 Å². The van der Waals surface area contributed by atoms with Gasteiger partial charge in [-0.2, -0.15) is 13.2 Å². The number of carbonyl (C=O) groups is 1. The number of alkyl halides is 3. The average molecular weight is 526 g/mol. The zero-order valence-corrected chi connectivity index (χ0v) is 20.7. The average Bonchev–Trinajstić information content (AvgIpc) is 3.17. The van der Waals surface area contributed by atoms with Crippen molar-refractivity contribution < 1.29 is 27.1 Å². The first-order valence-electron chi connectivity index (χ1n) is 12.7. The number of aliphatic imine (C=N–C) groups is 1. The van der Waals surface area contributed by atoms with Crippen molar-refractivity contribution in [1.29, 1.82) is 0 Å². The highest BCUT2D eigenvalue weighted by atomic mass is 19.4. The van der Waals surface area contributed by atoms with E-state index in [0.29, 0.717) is 23.7 Å². The van der Waals surface area contributed by atoms with Crippen LogP contribution >= 0.6 is 0 Å². The first-order chi connectivity index (χ1) is 18.3. The van der Waals surface area contributed by atoms with Crippen molar-refractivity contribution in [3.05, 3.63) is 83.7 Å². The van der Waals surface area contributed by atoms with Crippen LogP contribution in [0.4, 0.5) is 34.6 Å². The number of piperidine rings is 1. The van der Waals surface area contributed by atoms with E-state index in [-0.39, 0.29) is 17.0 Å². The second-order valence-corrected chi connectivity index (χ2v) is 9.41. The summed E-state index contributed by atoms with van der Waals surface area (Å²) in [4.78, 5) is 21.5. The molecule has 3 aromatic rings. The molecule has 1 amide bonds. The van der Waals surface area contributed by atoms with Crippen molar-refractivity contribution >= 4 is 28.7 Å². The maximum atomic E-state index is 14.1. The minimum Gasteiger partial charge on any atom is -0.494 e. The van der Waals surface area contributed by atoms with Crippen LogP contribution in [0.1, 0.15) is 36.8 Å². The third-order valence-corrected chi connectivity index (χ3v) is 6.71. The van der Waals surface area contributed by atoms with Crippen LogP contribution in [0, 0.1) is 5.82 Å². The molecule has 9 heteroatoms. The summed E-state index contributed by atoms with van der Waals surface area (Å²) in [5, 5.41) is 0. The maximum absolute atomic E-state index is 14.1. The monoisotopic (exact) mass is 525 g/mol. The predicted octanol–water partition coefficient (Wildman–Crippen LogP) is 6.90. The lowest BCUT2D eigenvalue weighted by molar-refractivity contribution is -0.137. The number of halogens is 4. The molecule has 2 aliphatic rings. The molecular weight excluding hydrogens is 498 g/mol. The number of fused-ring (bicyclic) bond motifs is 1. The number of hydrogen-bond acceptors (Lipinski definition) is 4. The zero-order valence-electron chi connectivity index (χ0n) is 20.7. The molecule has 0 atom stereocenters. The number of rotatable bonds is 7. The molecule has 5 nitrogen and oxygen atoms in total. The fraction of sp³-hybridized carbons (Fsp3) is 0.310. The van der Waals surface area contributed by atoms with Crippen LogP contribution in [0.15, 0.2) is 71.7 Å². The fourth-order valence-electron chi connectivity index (χ4n) is 4.82. The van der Waals surface area contributed by atoms with Gasteiger partial charge in [0.2, 0.25) is 0 Å². The first kappa shape index (κ1) is 25.9. The van der Waals surface area contributed by atoms with Crippen molar-refractivity contribution in [3.8, 4) is 5.75 Å². The number of nitrogens with zero attached hydrogens (tertiary/aromatic N) is 3. The van der Waals surface area contributed by atoms with Crippen molar-refractivity contribution in [3.63, 3.8) is 0 Å². The molecule has 2 heterocycles. The number of ether oxygens (including phenoxy) is 1. The summed E-state index contributed by atoms with van der Waals surface area (Å²) in [6, 6.07) is 15.2. The Morgan fingerprint density at radius 3 is 2.42 bits per heavy atom. The van der Waals surface area contributed by atoms with Gasteiger partial charge in [0.25, 0.3) is 5.91 Å². The van der Waals surface area contributed by atoms with Gasteiger partial charge in [-0.25, -0.2) is 9.38 Å². The van der Waals surface area contributed by atoms with Gasteiger partial charge in [0, 0.05) is 17.8 Å². The lowest BCUT2D eigenvalue weighted by atomic mass is 10.1. The van der Waals surface area contributed by atoms with Crippen LogP contribution in [0.5, 0.6) is 5.75 Å². The van der Waals surface area contributed by atoms with E-state index in [4.69, 9.17) is 4.74 Å². The third kappa shape index (κ3) is 5.72. The first-order valence-corrected chi connectivity index (χ1v) is 12.7. The van der Waals surface area contributed by atoms with Gasteiger partial charge in [-0.15, -0.1) is 0 Å². The summed E-state index contributed by atoms with van der Waals surface area (Å²) in [5.41, 5.74) is 0.0681. The molecule has 0 aromatic heterocycles. The molecular formula is C29H27F4N3O2. The molecule has 1 saturated heterocycles. The van der Waals surface area contributed by atoms with Crippen molar-refractivity contribution in [2.45, 2.75) is 31.9 Å². The highest BCUT2D eigenvalue weighted by molar-refractivity contribution is 6.56. The summed E-state index contributed by atoms with van der Waals surface area (Å²) in [6.45, 7) is 3.86. The van der Waals surface area contributed by atoms with Gasteiger partial charge in [-0.3, -0.25) is 9.69 Å². The Bertz CT molecular complexity index is 1330. The molecule has 0 saturated carbocycles. The lowest BCUT2D eigenvalue weighted by Gasteiger charge is -2.26. The van der Waals surface area contributed by atoms with Crippen LogP contribution in [0.2, 0.25) is 0 Å². The van der Waals surface area contributed by atoms with Gasteiger partial charge in [0.15, 0.2) is 0 Å². The minimum absolute atomic E-state index is 0.0477. The van der Waals surface area contributed by atoms with Gasteiger partial charge >= 0.3 is 6.18 Å². The minimum atomic E-state index is -4.55. The fourth-order valence-corrected chi connectivity index (χ4v) is 4.82. The Balaban J connectivity index is 1.34. The van der Waals surface area contributed by atoms with Crippen LogP contribution < -0.4 is 9.64 Å². The predicted molar refractivity (Wildman–Crippen MR) is 138 cm³/mol. The van der Waals surface area contributed by atoms with E-state index in [9.17, 15) is 22.4 Å². The van der Waals surface area contributed by atoms with Gasteiger partial charge in [-0.05, 0) is 93.0 Å². The van der Waals surface area contributed by atoms with Gasteiger partial charge in [-0.1, -0.05) is 12.5 Å². The smallest absolute Gasteiger partial charge is 0.416 e. The molecule has 0 aliphatic carbocycles. The van der Waals surface area contributed by atoms with E-state index in [1.807, 2.05) is 0 Å². The van der Waals surface area contributed by atoms with E-state index >= 15 is 0 Å². The molecule has 0 spiro atoms. The lowest BCUT2D eigenvalue weighted by Crippen LogP contribution is -2.31. The van der Waals surface area contributed by atoms with Crippen molar-refractivity contribution in [2.24, 2.45) is 4.99 Å². The van der Waals surface area contributed by atoms with Crippen molar-refractivity contribution in [1.82, 2.24) is 4.90 Å². The topological polar surface area (TPSA) is 45.1 Å². The highest BCUT2D eigenvalue weighted by Crippen LogP contribution is 2.38. The molecule has 2 aliphatic heterocycles. The second-order valence-electron chi connectivity index (χ2n) is 9.41. The maximum Gasteiger partial charge on any atom is 0.416 e. The van der Waals surface area contributed by atoms with Crippen molar-refractivity contribution in [2.75, 3.05) is 31.1 Å². The quantitative estimate of drug-likeness (QED) is 0.249. The van der Waals surface area contributed by atoms with Gasteiger partial charge < -0.3 is 9.64 Å². The van der Waals surface area contributed by atoms with Crippen LogP contribution in [-0.4, -0.2) is 42.8 Å². The summed E-state index contributed by atoms with van der Waals surface area (Å²) >= 11 is 0. The zero-order chi connectivity index (χ0) is 26.7. The number of likely N-dealkylation sites (tertiary alicyclic amines) is 1. The number of amides is 1. The highest BCUT2D eigenvalue weighted by Gasteiger charge is 2.36. The Hall–Kier alpha value is -3.72. The molecule has 0 bridgehead atoms. The van der Waals surface area contributed by atoms with E-state index < -0.39 is 23.5 Å². The standard InChI is InChI=1S/C29H27F4N3O2/c30-21-8-13-26-25(19-21)27(34-22-7-4-6-20(18-22)29(31,32)33)28(37)36(26)23-9-11-24(12-10-23)38-17-5-16-35-14-2-1-3-15-35/h4,6-13,18-19H,1-3,5,14-17H2. The molecule has 0 N–H and O–H groups in total. The van der Waals surface area contributed by atoms with E-state index in [0.717, 1.165) is 38.2 Å². The Labute approximate surface area is 218 Å². The Morgan fingerprint density at radius 2 is 1.68 bits per heavy atom. The van der Waals surface area contributed by atoms with Crippen LogP contribution in [0.25, 0.3) is 0 Å². The summed E-state index contributed by atoms with van der Waals surface area (Å²) in [7, 11) is 0. The molecule has 3 aromatic carbocycles. The van der Waals surface area contributed by atoms with E-state index in [2.05, 4.69) is 9.89 Å². The molecule has 198 valence electrons. The number of hydrogen-bond donors (Lipinski definition) is 0. The normalized spacial score (nSPS) is 17.2. The molecule has 0 unspecified atom stereocenters. The summed E-state index contributed by atoms with van der Waals surface area (Å²) in [6.07, 6.45) is 0.167. The Morgan fingerprint density at radius 1 is 0.921 bits per heavy atom. The van der Waals surface area contributed by atoms with Gasteiger partial charge in [0.1, 0.15) is 17.3 Å². The SMILES string of the molecule is O=C1C(=Nc2cccc(C(F)(F)F)c2)c2cc(F)ccc2N1c1ccc(OCCCN2CCCCC2)cc1. The summed E-state index contributed by atoms with van der Waals surface area (Å²) < 4.78 is 59.5. The van der Waals surface area contributed by atoms with Crippen LogP contribution in [-0.2, 0) is 11.0 Å². The number of carbonyl (C=O) groups excluding carboxylic acids is 1. The second kappa shape index (κ2) is 10.9. The third-order valence-electron chi connectivity index (χ3n) is 6.71. The molecule has 0 radical (unpaired) electrons. The number of anilines is 2. The van der Waals surface area contributed by atoms with E-state index in [1.54, 1.807) is 24.3 Å². The number of benzene rings is 3. The van der Waals surface area contributed by atoms with E-state index in [1.165, 1.54) is 54.5 Å². The Kier molecular flexibility index (Phi) is 7.46. The molecule has 1 fully saturated rings. The summed E-state index contributed by atoms with van der Waals surface area (Å²) in [5.74, 6) is -0.474.